The van der Waals surface area contributed by atoms with Crippen molar-refractivity contribution in [1.29, 1.82) is 0 Å². The van der Waals surface area contributed by atoms with E-state index in [0.29, 0.717) is 5.69 Å². The number of anilines is 1. The molecule has 0 spiro atoms. The van der Waals surface area contributed by atoms with Gasteiger partial charge in [-0.1, -0.05) is 19.3 Å². The number of nitrogens with zero attached hydrogens (tertiary/aromatic N) is 3. The second kappa shape index (κ2) is 7.40. The highest BCUT2D eigenvalue weighted by Crippen LogP contribution is 2.39. The van der Waals surface area contributed by atoms with Crippen molar-refractivity contribution in [3.8, 4) is 0 Å². The van der Waals surface area contributed by atoms with Crippen molar-refractivity contribution < 1.29 is 27.9 Å². The average Bonchev–Trinajstić information content (AvgIpc) is 3.19. The molecule has 0 radical (unpaired) electrons. The average molecular weight is 388 g/mol. The van der Waals surface area contributed by atoms with Crippen LogP contribution in [0, 0.1) is 11.8 Å². The first-order valence-corrected chi connectivity index (χ1v) is 9.05. The van der Waals surface area contributed by atoms with Crippen LogP contribution in [0.2, 0.25) is 0 Å². The van der Waals surface area contributed by atoms with Crippen molar-refractivity contribution in [2.45, 2.75) is 44.2 Å². The molecule has 1 aromatic heterocycles. The molecular formula is C17H23F3N4O3. The van der Waals surface area contributed by atoms with Gasteiger partial charge in [-0.2, -0.15) is 18.3 Å². The van der Waals surface area contributed by atoms with Crippen LogP contribution in [0.25, 0.3) is 0 Å². The first-order chi connectivity index (χ1) is 12.7. The van der Waals surface area contributed by atoms with Crippen molar-refractivity contribution >= 4 is 17.7 Å². The molecule has 2 N–H and O–H groups in total. The third-order valence-electron chi connectivity index (χ3n) is 5.44. The Kier molecular flexibility index (Phi) is 5.34. The summed E-state index contributed by atoms with van der Waals surface area (Å²) >= 11 is 0. The molecule has 27 heavy (non-hydrogen) atoms. The van der Waals surface area contributed by atoms with Crippen LogP contribution in [-0.2, 0) is 11.8 Å². The number of aliphatic carboxylic acids is 1. The summed E-state index contributed by atoms with van der Waals surface area (Å²) < 4.78 is 40.9. The van der Waals surface area contributed by atoms with E-state index >= 15 is 0 Å². The molecule has 0 bridgehead atoms. The Hall–Kier alpha value is -2.26. The highest BCUT2D eigenvalue weighted by molar-refractivity contribution is 5.90. The molecule has 2 aliphatic rings. The number of alkyl halides is 3. The fourth-order valence-electron chi connectivity index (χ4n) is 4.03. The van der Waals surface area contributed by atoms with E-state index in [2.05, 4.69) is 10.4 Å². The monoisotopic (exact) mass is 388 g/mol. The van der Waals surface area contributed by atoms with Crippen molar-refractivity contribution in [3.63, 3.8) is 0 Å². The molecule has 0 aromatic carbocycles. The lowest BCUT2D eigenvalue weighted by Crippen LogP contribution is -2.35. The summed E-state index contributed by atoms with van der Waals surface area (Å²) in [5.41, 5.74) is 1.23. The van der Waals surface area contributed by atoms with Crippen molar-refractivity contribution in [2.24, 2.45) is 18.9 Å². The third kappa shape index (κ3) is 4.19. The van der Waals surface area contributed by atoms with Gasteiger partial charge in [-0.15, -0.1) is 0 Å². The van der Waals surface area contributed by atoms with E-state index < -0.39 is 43.1 Å². The van der Waals surface area contributed by atoms with Crippen LogP contribution in [0.4, 0.5) is 23.7 Å². The zero-order chi connectivity index (χ0) is 19.8. The molecule has 10 heteroatoms. The van der Waals surface area contributed by atoms with Crippen molar-refractivity contribution in [1.82, 2.24) is 14.7 Å². The van der Waals surface area contributed by atoms with E-state index in [4.69, 9.17) is 5.11 Å². The van der Waals surface area contributed by atoms with Crippen molar-refractivity contribution in [3.05, 3.63) is 11.9 Å². The standard InChI is InChI=1S/C17H23F3N4O3/c1-23-9-13(14(22-23)10-5-3-2-4-6-10)21-16(27)24-7-11(15(25)26)12(8-24)17(18,19)20/h9-12H,2-8H2,1H3,(H,21,27)(H,25,26)/t11-,12-/m1/s1. The Morgan fingerprint density at radius 3 is 2.44 bits per heavy atom. The lowest BCUT2D eigenvalue weighted by Gasteiger charge is -2.22. The largest absolute Gasteiger partial charge is 0.481 e. The normalized spacial score (nSPS) is 24.2. The van der Waals surface area contributed by atoms with Crippen LogP contribution < -0.4 is 5.32 Å². The quantitative estimate of drug-likeness (QED) is 0.833. The molecule has 2 atom stereocenters. The maximum atomic E-state index is 13.1. The third-order valence-corrected chi connectivity index (χ3v) is 5.44. The van der Waals surface area contributed by atoms with Crippen LogP contribution in [0.3, 0.4) is 0 Å². The predicted molar refractivity (Wildman–Crippen MR) is 90.3 cm³/mol. The first-order valence-electron chi connectivity index (χ1n) is 9.05. The van der Waals surface area contributed by atoms with Gasteiger partial charge in [-0.25, -0.2) is 4.79 Å². The maximum Gasteiger partial charge on any atom is 0.394 e. The van der Waals surface area contributed by atoms with Gasteiger partial charge in [0.15, 0.2) is 0 Å². The molecular weight excluding hydrogens is 365 g/mol. The van der Waals surface area contributed by atoms with E-state index in [-0.39, 0.29) is 5.92 Å². The molecule has 1 saturated carbocycles. The zero-order valence-corrected chi connectivity index (χ0v) is 15.0. The molecule has 1 aliphatic heterocycles. The summed E-state index contributed by atoms with van der Waals surface area (Å²) in [6.45, 7) is -1.13. The molecule has 0 unspecified atom stereocenters. The molecule has 1 saturated heterocycles. The van der Waals surface area contributed by atoms with E-state index in [0.717, 1.165) is 42.7 Å². The lowest BCUT2D eigenvalue weighted by atomic mass is 9.86. The summed E-state index contributed by atoms with van der Waals surface area (Å²) in [5, 5.41) is 16.1. The Bertz CT molecular complexity index is 713. The van der Waals surface area contributed by atoms with Gasteiger partial charge >= 0.3 is 18.2 Å². The SMILES string of the molecule is Cn1cc(NC(=O)N2C[C@@H](C(F)(F)F)[C@H](C(=O)O)C2)c(C2CCCCC2)n1. The molecule has 7 nitrogen and oxygen atoms in total. The number of aromatic nitrogens is 2. The number of carboxylic acids is 1. The Morgan fingerprint density at radius 2 is 1.89 bits per heavy atom. The number of amides is 2. The summed E-state index contributed by atoms with van der Waals surface area (Å²) in [5.74, 6) is -5.05. The molecule has 1 aromatic rings. The molecule has 2 amide bonds. The zero-order valence-electron chi connectivity index (χ0n) is 15.0. The number of carboxylic acid groups (broad SMARTS) is 1. The van der Waals surface area contributed by atoms with Crippen LogP contribution in [0.5, 0.6) is 0 Å². The van der Waals surface area contributed by atoms with Crippen molar-refractivity contribution in [2.75, 3.05) is 18.4 Å². The van der Waals surface area contributed by atoms with E-state index in [1.807, 2.05) is 0 Å². The number of aryl methyl sites for hydroxylation is 1. The second-order valence-electron chi connectivity index (χ2n) is 7.36. The number of hydrogen-bond acceptors (Lipinski definition) is 3. The molecule has 150 valence electrons. The van der Waals surface area contributed by atoms with Gasteiger partial charge in [-0.3, -0.25) is 9.48 Å². The molecule has 3 rings (SSSR count). The van der Waals surface area contributed by atoms with Crippen LogP contribution in [0.1, 0.15) is 43.7 Å². The fourth-order valence-corrected chi connectivity index (χ4v) is 4.03. The number of carbonyl (C=O) groups excluding carboxylic acids is 1. The highest BCUT2D eigenvalue weighted by Gasteiger charge is 2.53. The Balaban J connectivity index is 1.73. The van der Waals surface area contributed by atoms with Gasteiger partial charge in [0.1, 0.15) is 0 Å². The Labute approximate surface area is 154 Å². The number of nitrogens with one attached hydrogen (secondary N) is 1. The second-order valence-corrected chi connectivity index (χ2v) is 7.36. The summed E-state index contributed by atoms with van der Waals surface area (Å²) in [4.78, 5) is 24.6. The minimum atomic E-state index is -4.67. The summed E-state index contributed by atoms with van der Waals surface area (Å²) in [7, 11) is 1.72. The number of rotatable bonds is 3. The van der Waals surface area contributed by atoms with E-state index in [1.165, 1.54) is 0 Å². The highest BCUT2D eigenvalue weighted by atomic mass is 19.4. The van der Waals surface area contributed by atoms with Crippen LogP contribution in [0.15, 0.2) is 6.20 Å². The van der Waals surface area contributed by atoms with Gasteiger partial charge in [0, 0.05) is 32.3 Å². The fraction of sp³-hybridized carbons (Fsp3) is 0.706. The molecule has 2 fully saturated rings. The van der Waals surface area contributed by atoms with Gasteiger partial charge in [-0.05, 0) is 12.8 Å². The van der Waals surface area contributed by atoms with Gasteiger partial charge in [0.05, 0.1) is 23.2 Å². The predicted octanol–water partition coefficient (Wildman–Crippen LogP) is 3.19. The minimum Gasteiger partial charge on any atom is -0.481 e. The number of hydrogen-bond donors (Lipinski definition) is 2. The number of carbonyl (C=O) groups is 2. The minimum absolute atomic E-state index is 0.212. The van der Waals surface area contributed by atoms with E-state index in [1.54, 1.807) is 17.9 Å². The van der Waals surface area contributed by atoms with Gasteiger partial charge < -0.3 is 15.3 Å². The molecule has 1 aliphatic carbocycles. The first kappa shape index (κ1) is 19.5. The lowest BCUT2D eigenvalue weighted by molar-refractivity contribution is -0.187. The van der Waals surface area contributed by atoms with Crippen LogP contribution in [-0.4, -0.2) is 51.1 Å². The maximum absolute atomic E-state index is 13.1. The van der Waals surface area contributed by atoms with E-state index in [9.17, 15) is 22.8 Å². The van der Waals surface area contributed by atoms with Gasteiger partial charge in [0.25, 0.3) is 0 Å². The smallest absolute Gasteiger partial charge is 0.394 e. The topological polar surface area (TPSA) is 87.5 Å². The summed E-state index contributed by atoms with van der Waals surface area (Å²) in [6, 6.07) is -0.724. The number of halogens is 3. The summed E-state index contributed by atoms with van der Waals surface area (Å²) in [6.07, 6.45) is 2.20. The van der Waals surface area contributed by atoms with Crippen LogP contribution >= 0.6 is 0 Å². The number of urea groups is 1. The van der Waals surface area contributed by atoms with Gasteiger partial charge in [0.2, 0.25) is 0 Å². The number of likely N-dealkylation sites (tertiary alicyclic amines) is 1. The Morgan fingerprint density at radius 1 is 1.22 bits per heavy atom. The molecule has 2 heterocycles.